The van der Waals surface area contributed by atoms with Crippen LogP contribution in [0, 0.1) is 0 Å². The van der Waals surface area contributed by atoms with Gasteiger partial charge in [0.15, 0.2) is 0 Å². The molecule has 0 heterocycles. The molecule has 4 N–H and O–H groups in total. The van der Waals surface area contributed by atoms with Crippen molar-refractivity contribution in [1.82, 2.24) is 0 Å². The minimum Gasteiger partial charge on any atom is -0.508 e. The van der Waals surface area contributed by atoms with E-state index in [-0.39, 0.29) is 23.0 Å². The first-order valence-corrected chi connectivity index (χ1v) is 7.45. The molecular weight excluding hydrogens is 304 g/mol. The van der Waals surface area contributed by atoms with Crippen LogP contribution in [-0.4, -0.2) is 20.4 Å². The lowest BCUT2D eigenvalue weighted by Gasteiger charge is -2.13. The highest BCUT2D eigenvalue weighted by atomic mass is 16.3. The van der Waals surface area contributed by atoms with E-state index in [2.05, 4.69) is 0 Å². The predicted molar refractivity (Wildman–Crippen MR) is 93.5 cm³/mol. The van der Waals surface area contributed by atoms with Gasteiger partial charge in [-0.3, -0.25) is 0 Å². The maximum absolute atomic E-state index is 10.7. The quantitative estimate of drug-likeness (QED) is 0.390. The average molecular weight is 318 g/mol. The first kappa shape index (κ1) is 14.2. The van der Waals surface area contributed by atoms with Gasteiger partial charge in [0.05, 0.1) is 0 Å². The number of fused-ring (bicyclic) bond motifs is 2. The predicted octanol–water partition coefficient (Wildman–Crippen LogP) is 4.48. The summed E-state index contributed by atoms with van der Waals surface area (Å²) in [6, 6.07) is 16.3. The van der Waals surface area contributed by atoms with Gasteiger partial charge >= 0.3 is 0 Å². The second kappa shape index (κ2) is 5.06. The fraction of sp³-hybridized carbons (Fsp3) is 0. The molecule has 0 radical (unpaired) electrons. The maximum Gasteiger partial charge on any atom is 0.131 e. The molecule has 24 heavy (non-hydrogen) atoms. The summed E-state index contributed by atoms with van der Waals surface area (Å²) in [6.45, 7) is 0. The van der Waals surface area contributed by atoms with Crippen molar-refractivity contribution in [3.05, 3.63) is 60.7 Å². The Morgan fingerprint density at radius 1 is 0.500 bits per heavy atom. The number of hydrogen-bond acceptors (Lipinski definition) is 4. The number of phenolic OH excluding ortho intramolecular Hbond substituents is 4. The highest BCUT2D eigenvalue weighted by Gasteiger charge is 2.16. The Kier molecular flexibility index (Phi) is 3.00. The Balaban J connectivity index is 2.12. The van der Waals surface area contributed by atoms with E-state index in [1.54, 1.807) is 36.4 Å². The third kappa shape index (κ3) is 2.01. The Bertz CT molecular complexity index is 1100. The van der Waals surface area contributed by atoms with Gasteiger partial charge in [-0.25, -0.2) is 0 Å². The van der Waals surface area contributed by atoms with Crippen molar-refractivity contribution in [1.29, 1.82) is 0 Å². The van der Waals surface area contributed by atoms with Crippen molar-refractivity contribution >= 4 is 21.5 Å². The second-order valence-electron chi connectivity index (χ2n) is 5.70. The van der Waals surface area contributed by atoms with Crippen molar-refractivity contribution < 1.29 is 20.4 Å². The Hall–Kier alpha value is -3.40. The summed E-state index contributed by atoms with van der Waals surface area (Å²) in [4.78, 5) is 0. The minimum absolute atomic E-state index is 0.0405. The van der Waals surface area contributed by atoms with Crippen molar-refractivity contribution in [2.45, 2.75) is 0 Å². The average Bonchev–Trinajstić information content (AvgIpc) is 2.59. The molecule has 0 unspecified atom stereocenters. The van der Waals surface area contributed by atoms with Gasteiger partial charge in [0.1, 0.15) is 23.0 Å². The standard InChI is InChI=1S/C20H14O4/c21-11-5-6-14-16(9-11)12(7-8-18(14)22)17-10-19(23)13-3-1-2-4-15(13)20(17)24/h1-10,21-24H. The molecule has 0 saturated heterocycles. The van der Waals surface area contributed by atoms with Gasteiger partial charge in [-0.2, -0.15) is 0 Å². The van der Waals surface area contributed by atoms with Crippen molar-refractivity contribution in [2.75, 3.05) is 0 Å². The smallest absolute Gasteiger partial charge is 0.131 e. The number of aromatic hydroxyl groups is 4. The van der Waals surface area contributed by atoms with Gasteiger partial charge < -0.3 is 20.4 Å². The maximum atomic E-state index is 10.7. The van der Waals surface area contributed by atoms with Gasteiger partial charge in [-0.05, 0) is 47.3 Å². The summed E-state index contributed by atoms with van der Waals surface area (Å²) in [6.07, 6.45) is 0. The largest absolute Gasteiger partial charge is 0.508 e. The molecule has 0 aliphatic carbocycles. The summed E-state index contributed by atoms with van der Waals surface area (Å²) < 4.78 is 0. The molecule has 0 bridgehead atoms. The van der Waals surface area contributed by atoms with Gasteiger partial charge in [-0.1, -0.05) is 24.3 Å². The Morgan fingerprint density at radius 3 is 2.00 bits per heavy atom. The molecule has 0 atom stereocenters. The molecule has 4 rings (SSSR count). The molecule has 0 fully saturated rings. The van der Waals surface area contributed by atoms with E-state index < -0.39 is 0 Å². The van der Waals surface area contributed by atoms with Crippen LogP contribution in [0.2, 0.25) is 0 Å². The lowest BCUT2D eigenvalue weighted by molar-refractivity contribution is 0.471. The lowest BCUT2D eigenvalue weighted by Crippen LogP contribution is -1.86. The fourth-order valence-corrected chi connectivity index (χ4v) is 3.10. The zero-order chi connectivity index (χ0) is 16.8. The molecule has 4 nitrogen and oxygen atoms in total. The van der Waals surface area contributed by atoms with E-state index in [0.29, 0.717) is 32.7 Å². The zero-order valence-electron chi connectivity index (χ0n) is 12.6. The molecule has 4 heteroatoms. The molecule has 0 aromatic heterocycles. The molecule has 0 spiro atoms. The van der Waals surface area contributed by atoms with Gasteiger partial charge in [0.2, 0.25) is 0 Å². The molecule has 0 aliphatic rings. The summed E-state index contributed by atoms with van der Waals surface area (Å²) >= 11 is 0. The third-order valence-corrected chi connectivity index (χ3v) is 4.26. The van der Waals surface area contributed by atoms with Gasteiger partial charge in [0, 0.05) is 21.7 Å². The summed E-state index contributed by atoms with van der Waals surface area (Å²) in [7, 11) is 0. The van der Waals surface area contributed by atoms with Crippen LogP contribution in [0.25, 0.3) is 32.7 Å². The summed E-state index contributed by atoms with van der Waals surface area (Å²) in [5, 5.41) is 43.1. The molecule has 4 aromatic carbocycles. The van der Waals surface area contributed by atoms with Crippen LogP contribution in [0.1, 0.15) is 0 Å². The molecule has 118 valence electrons. The van der Waals surface area contributed by atoms with Crippen LogP contribution in [0.4, 0.5) is 0 Å². The fourth-order valence-electron chi connectivity index (χ4n) is 3.10. The van der Waals surface area contributed by atoms with Gasteiger partial charge in [-0.15, -0.1) is 0 Å². The highest BCUT2D eigenvalue weighted by molar-refractivity contribution is 6.06. The number of hydrogen-bond donors (Lipinski definition) is 4. The van der Waals surface area contributed by atoms with Crippen molar-refractivity contribution in [2.24, 2.45) is 0 Å². The normalized spacial score (nSPS) is 11.2. The van der Waals surface area contributed by atoms with Crippen molar-refractivity contribution in [3.63, 3.8) is 0 Å². The van der Waals surface area contributed by atoms with E-state index in [4.69, 9.17) is 0 Å². The number of benzene rings is 4. The Labute approximate surface area is 137 Å². The third-order valence-electron chi connectivity index (χ3n) is 4.26. The van der Waals surface area contributed by atoms with Crippen LogP contribution in [0.15, 0.2) is 60.7 Å². The lowest BCUT2D eigenvalue weighted by atomic mass is 9.94. The molecular formula is C20H14O4. The van der Waals surface area contributed by atoms with Crippen LogP contribution in [0.3, 0.4) is 0 Å². The SMILES string of the molecule is Oc1ccc2c(O)ccc(-c3cc(O)c4ccccc4c3O)c2c1. The first-order chi connectivity index (χ1) is 11.6. The first-order valence-electron chi connectivity index (χ1n) is 7.45. The van der Waals surface area contributed by atoms with Crippen LogP contribution in [-0.2, 0) is 0 Å². The van der Waals surface area contributed by atoms with E-state index in [1.165, 1.54) is 24.3 Å². The second-order valence-corrected chi connectivity index (χ2v) is 5.70. The Morgan fingerprint density at radius 2 is 1.21 bits per heavy atom. The topological polar surface area (TPSA) is 80.9 Å². The molecule has 0 saturated carbocycles. The van der Waals surface area contributed by atoms with Crippen LogP contribution < -0.4 is 0 Å². The number of phenols is 4. The molecule has 0 amide bonds. The van der Waals surface area contributed by atoms with E-state index in [1.807, 2.05) is 0 Å². The zero-order valence-corrected chi connectivity index (χ0v) is 12.6. The van der Waals surface area contributed by atoms with E-state index >= 15 is 0 Å². The summed E-state index contributed by atoms with van der Waals surface area (Å²) in [5.41, 5.74) is 1.04. The van der Waals surface area contributed by atoms with Crippen LogP contribution >= 0.6 is 0 Å². The summed E-state index contributed by atoms with van der Waals surface area (Å²) in [5.74, 6) is 0.232. The van der Waals surface area contributed by atoms with Crippen molar-refractivity contribution in [3.8, 4) is 34.1 Å². The highest BCUT2D eigenvalue weighted by Crippen LogP contribution is 2.44. The van der Waals surface area contributed by atoms with E-state index in [9.17, 15) is 20.4 Å². The minimum atomic E-state index is 0.0405. The van der Waals surface area contributed by atoms with Crippen LogP contribution in [0.5, 0.6) is 23.0 Å². The molecule has 0 aliphatic heterocycles. The molecule has 4 aromatic rings. The van der Waals surface area contributed by atoms with E-state index in [0.717, 1.165) is 0 Å². The van der Waals surface area contributed by atoms with Gasteiger partial charge in [0.25, 0.3) is 0 Å². The number of rotatable bonds is 1. The monoisotopic (exact) mass is 318 g/mol.